The van der Waals surface area contributed by atoms with E-state index >= 15 is 0 Å². The molecule has 2 N–H and O–H groups in total. The van der Waals surface area contributed by atoms with E-state index in [-0.39, 0.29) is 0 Å². The smallest absolute Gasteiger partial charge is 0.186 e. The van der Waals surface area contributed by atoms with Crippen LogP contribution in [0.1, 0.15) is 25.8 Å². The number of nitrogens with zero attached hydrogens (tertiary/aromatic N) is 1. The fourth-order valence-electron chi connectivity index (χ4n) is 1.33. The second-order valence-electron chi connectivity index (χ2n) is 3.39. The zero-order valence-corrected chi connectivity index (χ0v) is 12.4. The molecular formula is C12H16BrN3S. The van der Waals surface area contributed by atoms with Gasteiger partial charge in [0.15, 0.2) is 5.11 Å². The van der Waals surface area contributed by atoms with Gasteiger partial charge in [-0.15, -0.1) is 0 Å². The normalized spacial score (nSPS) is 11.1. The van der Waals surface area contributed by atoms with Crippen molar-refractivity contribution in [1.82, 2.24) is 10.7 Å². The first-order valence-corrected chi connectivity index (χ1v) is 6.73. The molecule has 0 heterocycles. The van der Waals surface area contributed by atoms with Crippen molar-refractivity contribution in [3.8, 4) is 0 Å². The van der Waals surface area contributed by atoms with E-state index in [2.05, 4.69) is 38.7 Å². The summed E-state index contributed by atoms with van der Waals surface area (Å²) in [6.45, 7) is 4.85. The summed E-state index contributed by atoms with van der Waals surface area (Å²) < 4.78 is 1.05. The highest BCUT2D eigenvalue weighted by Gasteiger charge is 2.02. The zero-order valence-electron chi connectivity index (χ0n) is 9.96. The predicted molar refractivity (Wildman–Crippen MR) is 80.4 cm³/mol. The van der Waals surface area contributed by atoms with Gasteiger partial charge in [-0.3, -0.25) is 5.43 Å². The van der Waals surface area contributed by atoms with Crippen molar-refractivity contribution in [3.05, 3.63) is 34.3 Å². The maximum atomic E-state index is 5.06. The molecule has 0 saturated heterocycles. The van der Waals surface area contributed by atoms with Gasteiger partial charge in [0.05, 0.1) is 5.71 Å². The number of halogens is 1. The Balaban J connectivity index is 2.77. The van der Waals surface area contributed by atoms with E-state index in [0.717, 1.165) is 28.7 Å². The monoisotopic (exact) mass is 313 g/mol. The second-order valence-corrected chi connectivity index (χ2v) is 4.72. The van der Waals surface area contributed by atoms with E-state index in [1.807, 2.05) is 31.2 Å². The van der Waals surface area contributed by atoms with Gasteiger partial charge in [-0.25, -0.2) is 0 Å². The minimum Gasteiger partial charge on any atom is -0.362 e. The molecular weight excluding hydrogens is 298 g/mol. The van der Waals surface area contributed by atoms with Gasteiger partial charge in [0.25, 0.3) is 0 Å². The molecule has 1 aromatic carbocycles. The highest BCUT2D eigenvalue weighted by atomic mass is 79.9. The van der Waals surface area contributed by atoms with Gasteiger partial charge in [-0.05, 0) is 43.3 Å². The number of hydrogen-bond donors (Lipinski definition) is 2. The van der Waals surface area contributed by atoms with Crippen LogP contribution in [0.4, 0.5) is 0 Å². The maximum absolute atomic E-state index is 5.06. The quantitative estimate of drug-likeness (QED) is 0.509. The van der Waals surface area contributed by atoms with Crippen LogP contribution in [0.5, 0.6) is 0 Å². The van der Waals surface area contributed by atoms with Crippen LogP contribution in [-0.2, 0) is 0 Å². The van der Waals surface area contributed by atoms with Crippen LogP contribution in [-0.4, -0.2) is 17.4 Å². The molecule has 0 saturated carbocycles. The molecule has 0 atom stereocenters. The Morgan fingerprint density at radius 1 is 1.41 bits per heavy atom. The predicted octanol–water partition coefficient (Wildman–Crippen LogP) is 3.05. The zero-order chi connectivity index (χ0) is 12.7. The van der Waals surface area contributed by atoms with Gasteiger partial charge >= 0.3 is 0 Å². The topological polar surface area (TPSA) is 36.4 Å². The van der Waals surface area contributed by atoms with Gasteiger partial charge in [-0.1, -0.05) is 35.0 Å². The van der Waals surface area contributed by atoms with Crippen LogP contribution in [0.3, 0.4) is 0 Å². The SMILES string of the molecule is CCNC(=S)N/N=C(\CC)c1cccc(Br)c1. The summed E-state index contributed by atoms with van der Waals surface area (Å²) in [5.74, 6) is 0. The highest BCUT2D eigenvalue weighted by Crippen LogP contribution is 2.13. The number of rotatable bonds is 4. The molecule has 0 radical (unpaired) electrons. The lowest BCUT2D eigenvalue weighted by Crippen LogP contribution is -2.32. The van der Waals surface area contributed by atoms with E-state index in [1.165, 1.54) is 0 Å². The molecule has 0 bridgehead atoms. The van der Waals surface area contributed by atoms with E-state index < -0.39 is 0 Å². The van der Waals surface area contributed by atoms with Gasteiger partial charge in [0.1, 0.15) is 0 Å². The first-order valence-electron chi connectivity index (χ1n) is 5.53. The summed E-state index contributed by atoms with van der Waals surface area (Å²) in [7, 11) is 0. The Hall–Kier alpha value is -0.940. The second kappa shape index (κ2) is 7.40. The molecule has 0 aliphatic heterocycles. The van der Waals surface area contributed by atoms with E-state index in [4.69, 9.17) is 12.2 Å². The van der Waals surface area contributed by atoms with Gasteiger partial charge in [0.2, 0.25) is 0 Å². The fourth-order valence-corrected chi connectivity index (χ4v) is 1.92. The molecule has 92 valence electrons. The Labute approximate surface area is 116 Å². The Kier molecular flexibility index (Phi) is 6.15. The van der Waals surface area contributed by atoms with Gasteiger partial charge < -0.3 is 5.32 Å². The lowest BCUT2D eigenvalue weighted by Gasteiger charge is -2.07. The number of thiocarbonyl (C=S) groups is 1. The summed E-state index contributed by atoms with van der Waals surface area (Å²) in [6.07, 6.45) is 0.845. The van der Waals surface area contributed by atoms with Gasteiger partial charge in [0, 0.05) is 11.0 Å². The van der Waals surface area contributed by atoms with Crippen molar-refractivity contribution in [2.24, 2.45) is 5.10 Å². The Morgan fingerprint density at radius 2 is 2.18 bits per heavy atom. The lowest BCUT2D eigenvalue weighted by atomic mass is 10.1. The molecule has 0 fully saturated rings. The molecule has 1 rings (SSSR count). The van der Waals surface area contributed by atoms with Crippen LogP contribution in [0, 0.1) is 0 Å². The minimum absolute atomic E-state index is 0.549. The van der Waals surface area contributed by atoms with E-state index in [0.29, 0.717) is 5.11 Å². The first kappa shape index (κ1) is 14.1. The molecule has 0 aliphatic rings. The van der Waals surface area contributed by atoms with Crippen molar-refractivity contribution in [2.45, 2.75) is 20.3 Å². The summed E-state index contributed by atoms with van der Waals surface area (Å²) in [6, 6.07) is 8.06. The van der Waals surface area contributed by atoms with Crippen LogP contribution in [0.15, 0.2) is 33.8 Å². The lowest BCUT2D eigenvalue weighted by molar-refractivity contribution is 0.897. The van der Waals surface area contributed by atoms with Crippen molar-refractivity contribution < 1.29 is 0 Å². The van der Waals surface area contributed by atoms with E-state index in [9.17, 15) is 0 Å². The standard InChI is InChI=1S/C12H16BrN3S/c1-3-11(15-16-12(17)14-4-2)9-6-5-7-10(13)8-9/h5-8H,3-4H2,1-2H3,(H2,14,16,17)/b15-11+. The molecule has 0 spiro atoms. The summed E-state index contributed by atoms with van der Waals surface area (Å²) in [4.78, 5) is 0. The third-order valence-corrected chi connectivity index (χ3v) is 2.85. The van der Waals surface area contributed by atoms with Gasteiger partial charge in [-0.2, -0.15) is 5.10 Å². The summed E-state index contributed by atoms with van der Waals surface area (Å²) in [5.41, 5.74) is 4.92. The maximum Gasteiger partial charge on any atom is 0.186 e. The third kappa shape index (κ3) is 4.83. The molecule has 0 unspecified atom stereocenters. The average molecular weight is 314 g/mol. The van der Waals surface area contributed by atoms with Crippen LogP contribution in [0.2, 0.25) is 0 Å². The van der Waals surface area contributed by atoms with Crippen LogP contribution in [0.25, 0.3) is 0 Å². The molecule has 0 aliphatic carbocycles. The number of hydrogen-bond acceptors (Lipinski definition) is 2. The van der Waals surface area contributed by atoms with Crippen molar-refractivity contribution in [1.29, 1.82) is 0 Å². The molecule has 5 heteroatoms. The molecule has 0 amide bonds. The largest absolute Gasteiger partial charge is 0.362 e. The van der Waals surface area contributed by atoms with Crippen molar-refractivity contribution in [3.63, 3.8) is 0 Å². The van der Waals surface area contributed by atoms with Crippen LogP contribution >= 0.6 is 28.1 Å². The highest BCUT2D eigenvalue weighted by molar-refractivity contribution is 9.10. The number of benzene rings is 1. The Bertz CT molecular complexity index is 418. The summed E-state index contributed by atoms with van der Waals surface area (Å²) >= 11 is 8.51. The third-order valence-electron chi connectivity index (χ3n) is 2.12. The minimum atomic E-state index is 0.549. The van der Waals surface area contributed by atoms with Crippen molar-refractivity contribution >= 4 is 39.0 Å². The Morgan fingerprint density at radius 3 is 2.76 bits per heavy atom. The molecule has 1 aromatic rings. The van der Waals surface area contributed by atoms with Crippen molar-refractivity contribution in [2.75, 3.05) is 6.54 Å². The molecule has 0 aromatic heterocycles. The van der Waals surface area contributed by atoms with E-state index in [1.54, 1.807) is 0 Å². The first-order chi connectivity index (χ1) is 8.17. The number of nitrogens with one attached hydrogen (secondary N) is 2. The average Bonchev–Trinajstić information content (AvgIpc) is 2.30. The number of hydrazone groups is 1. The summed E-state index contributed by atoms with van der Waals surface area (Å²) in [5, 5.41) is 7.86. The molecule has 3 nitrogen and oxygen atoms in total. The van der Waals surface area contributed by atoms with Crippen LogP contribution < -0.4 is 10.7 Å². The fraction of sp³-hybridized carbons (Fsp3) is 0.333. The molecule has 17 heavy (non-hydrogen) atoms.